The number of piperazine rings is 1. The molecule has 0 unspecified atom stereocenters. The van der Waals surface area contributed by atoms with E-state index in [1.807, 2.05) is 21.7 Å². The number of aryl methyl sites for hydroxylation is 1. The van der Waals surface area contributed by atoms with Crippen molar-refractivity contribution in [1.29, 1.82) is 0 Å². The molecular weight excluding hydrogens is 332 g/mol. The first-order valence-corrected chi connectivity index (χ1v) is 9.12. The summed E-state index contributed by atoms with van der Waals surface area (Å²) in [6.07, 6.45) is 6.94. The first kappa shape index (κ1) is 16.9. The third kappa shape index (κ3) is 3.99. The smallest absolute Gasteiger partial charge is 0.231 e. The van der Waals surface area contributed by atoms with Gasteiger partial charge in [0.15, 0.2) is 11.5 Å². The molecule has 0 aliphatic carbocycles. The molecule has 4 rings (SSSR count). The molecular formula is C19H24N4O3. The Kier molecular flexibility index (Phi) is 5.06. The van der Waals surface area contributed by atoms with Crippen molar-refractivity contribution in [2.24, 2.45) is 0 Å². The molecule has 0 atom stereocenters. The van der Waals surface area contributed by atoms with Crippen molar-refractivity contribution in [3.05, 3.63) is 42.5 Å². The largest absolute Gasteiger partial charge is 0.454 e. The highest BCUT2D eigenvalue weighted by Crippen LogP contribution is 2.32. The van der Waals surface area contributed by atoms with Crippen molar-refractivity contribution in [3.63, 3.8) is 0 Å². The van der Waals surface area contributed by atoms with Gasteiger partial charge in [-0.2, -0.15) is 0 Å². The molecule has 2 aromatic rings. The van der Waals surface area contributed by atoms with Crippen LogP contribution in [0.25, 0.3) is 0 Å². The van der Waals surface area contributed by atoms with Gasteiger partial charge in [-0.1, -0.05) is 6.07 Å². The molecule has 1 aromatic heterocycles. The van der Waals surface area contributed by atoms with E-state index in [1.54, 1.807) is 12.5 Å². The number of carbonyl (C=O) groups excluding carboxylic acids is 1. The molecule has 0 N–H and O–H groups in total. The van der Waals surface area contributed by atoms with Crippen LogP contribution in [0.2, 0.25) is 0 Å². The number of amides is 1. The molecule has 7 nitrogen and oxygen atoms in total. The van der Waals surface area contributed by atoms with Crippen LogP contribution < -0.4 is 9.47 Å². The summed E-state index contributed by atoms with van der Waals surface area (Å²) in [4.78, 5) is 20.8. The standard InChI is InChI=1S/C19H24N4O3/c24-19(2-1-6-22-7-5-20-14-22)23-10-8-21(9-11-23)13-16-3-4-17-18(12-16)26-15-25-17/h3-5,7,12,14H,1-2,6,8-11,13,15H2. The van der Waals surface area contributed by atoms with Gasteiger partial charge in [0.1, 0.15) is 0 Å². The number of imidazole rings is 1. The molecule has 0 bridgehead atoms. The normalized spacial score (nSPS) is 16.8. The van der Waals surface area contributed by atoms with Crippen LogP contribution in [-0.2, 0) is 17.9 Å². The van der Waals surface area contributed by atoms with Crippen LogP contribution in [0.15, 0.2) is 36.9 Å². The minimum atomic E-state index is 0.257. The van der Waals surface area contributed by atoms with E-state index in [0.29, 0.717) is 13.2 Å². The number of nitrogens with zero attached hydrogens (tertiary/aromatic N) is 4. The zero-order chi connectivity index (χ0) is 17.8. The van der Waals surface area contributed by atoms with E-state index in [-0.39, 0.29) is 5.91 Å². The van der Waals surface area contributed by atoms with Gasteiger partial charge in [0.25, 0.3) is 0 Å². The van der Waals surface area contributed by atoms with Gasteiger partial charge in [0, 0.05) is 58.1 Å². The van der Waals surface area contributed by atoms with Gasteiger partial charge in [-0.05, 0) is 24.1 Å². The summed E-state index contributed by atoms with van der Waals surface area (Å²) in [6.45, 7) is 5.43. The van der Waals surface area contributed by atoms with Crippen LogP contribution in [0.5, 0.6) is 11.5 Å². The van der Waals surface area contributed by atoms with E-state index in [2.05, 4.69) is 22.0 Å². The average Bonchev–Trinajstić information content (AvgIpc) is 3.33. The Morgan fingerprint density at radius 2 is 1.96 bits per heavy atom. The predicted octanol–water partition coefficient (Wildman–Crippen LogP) is 1.74. The number of hydrogen-bond donors (Lipinski definition) is 0. The summed E-state index contributed by atoms with van der Waals surface area (Å²) in [5.41, 5.74) is 1.22. The van der Waals surface area contributed by atoms with Gasteiger partial charge in [0.2, 0.25) is 12.7 Å². The fourth-order valence-electron chi connectivity index (χ4n) is 3.44. The number of ether oxygens (including phenoxy) is 2. The molecule has 1 fully saturated rings. The maximum Gasteiger partial charge on any atom is 0.231 e. The predicted molar refractivity (Wildman–Crippen MR) is 95.9 cm³/mol. The van der Waals surface area contributed by atoms with E-state index in [4.69, 9.17) is 9.47 Å². The molecule has 1 saturated heterocycles. The molecule has 1 amide bonds. The fourth-order valence-corrected chi connectivity index (χ4v) is 3.44. The van der Waals surface area contributed by atoms with Crippen LogP contribution in [0.3, 0.4) is 0 Å². The van der Waals surface area contributed by atoms with Gasteiger partial charge in [-0.15, -0.1) is 0 Å². The second kappa shape index (κ2) is 7.78. The van der Waals surface area contributed by atoms with E-state index in [9.17, 15) is 4.79 Å². The van der Waals surface area contributed by atoms with Crippen LogP contribution in [0.4, 0.5) is 0 Å². The Labute approximate surface area is 153 Å². The van der Waals surface area contributed by atoms with Gasteiger partial charge < -0.3 is 18.9 Å². The number of benzene rings is 1. The molecule has 0 radical (unpaired) electrons. The summed E-state index contributed by atoms with van der Waals surface area (Å²) < 4.78 is 12.8. The lowest BCUT2D eigenvalue weighted by Gasteiger charge is -2.34. The van der Waals surface area contributed by atoms with Crippen molar-refractivity contribution in [2.75, 3.05) is 33.0 Å². The Hall–Kier alpha value is -2.54. The topological polar surface area (TPSA) is 59.8 Å². The monoisotopic (exact) mass is 356 g/mol. The Bertz CT molecular complexity index is 739. The summed E-state index contributed by atoms with van der Waals surface area (Å²) in [5.74, 6) is 1.90. The van der Waals surface area contributed by atoms with Crippen LogP contribution in [0.1, 0.15) is 18.4 Å². The van der Waals surface area contributed by atoms with E-state index in [0.717, 1.165) is 57.2 Å². The molecule has 138 valence electrons. The number of fused-ring (bicyclic) bond motifs is 1. The van der Waals surface area contributed by atoms with E-state index >= 15 is 0 Å². The second-order valence-electron chi connectivity index (χ2n) is 6.75. The Morgan fingerprint density at radius 3 is 2.77 bits per heavy atom. The minimum absolute atomic E-state index is 0.257. The maximum absolute atomic E-state index is 12.4. The summed E-state index contributed by atoms with van der Waals surface area (Å²) in [5, 5.41) is 0. The minimum Gasteiger partial charge on any atom is -0.454 e. The lowest BCUT2D eigenvalue weighted by Crippen LogP contribution is -2.48. The quantitative estimate of drug-likeness (QED) is 0.789. The lowest BCUT2D eigenvalue weighted by atomic mass is 10.1. The first-order chi connectivity index (χ1) is 12.8. The Balaban J connectivity index is 1.20. The van der Waals surface area contributed by atoms with Gasteiger partial charge in [-0.3, -0.25) is 9.69 Å². The number of rotatable bonds is 6. The molecule has 0 spiro atoms. The SMILES string of the molecule is O=C(CCCn1ccnc1)N1CCN(Cc2ccc3c(c2)OCO3)CC1. The van der Waals surface area contributed by atoms with Crippen molar-refractivity contribution < 1.29 is 14.3 Å². The molecule has 2 aliphatic heterocycles. The Morgan fingerprint density at radius 1 is 1.12 bits per heavy atom. The molecule has 7 heteroatoms. The fraction of sp³-hybridized carbons (Fsp3) is 0.474. The van der Waals surface area contributed by atoms with Crippen molar-refractivity contribution in [3.8, 4) is 11.5 Å². The highest BCUT2D eigenvalue weighted by Gasteiger charge is 2.21. The lowest BCUT2D eigenvalue weighted by molar-refractivity contribution is -0.133. The second-order valence-corrected chi connectivity index (χ2v) is 6.75. The third-order valence-corrected chi connectivity index (χ3v) is 4.93. The number of hydrogen-bond acceptors (Lipinski definition) is 5. The molecule has 3 heterocycles. The van der Waals surface area contributed by atoms with Crippen molar-refractivity contribution in [2.45, 2.75) is 25.9 Å². The van der Waals surface area contributed by atoms with Gasteiger partial charge in [-0.25, -0.2) is 4.98 Å². The van der Waals surface area contributed by atoms with Crippen molar-refractivity contribution >= 4 is 5.91 Å². The molecule has 26 heavy (non-hydrogen) atoms. The average molecular weight is 356 g/mol. The zero-order valence-electron chi connectivity index (χ0n) is 14.8. The van der Waals surface area contributed by atoms with Crippen LogP contribution in [-0.4, -0.2) is 58.2 Å². The molecule has 2 aliphatic rings. The van der Waals surface area contributed by atoms with E-state index < -0.39 is 0 Å². The maximum atomic E-state index is 12.4. The van der Waals surface area contributed by atoms with Crippen LogP contribution in [0, 0.1) is 0 Å². The highest BCUT2D eigenvalue weighted by atomic mass is 16.7. The summed E-state index contributed by atoms with van der Waals surface area (Å²) in [7, 11) is 0. The van der Waals surface area contributed by atoms with Gasteiger partial charge >= 0.3 is 0 Å². The van der Waals surface area contributed by atoms with Crippen molar-refractivity contribution in [1.82, 2.24) is 19.4 Å². The zero-order valence-corrected chi connectivity index (χ0v) is 14.8. The first-order valence-electron chi connectivity index (χ1n) is 9.12. The van der Waals surface area contributed by atoms with Gasteiger partial charge in [0.05, 0.1) is 6.33 Å². The van der Waals surface area contributed by atoms with E-state index in [1.165, 1.54) is 5.56 Å². The molecule has 0 saturated carbocycles. The van der Waals surface area contributed by atoms with Crippen LogP contribution >= 0.6 is 0 Å². The number of carbonyl (C=O) groups is 1. The molecule has 1 aromatic carbocycles. The number of aromatic nitrogens is 2. The summed E-state index contributed by atoms with van der Waals surface area (Å²) >= 11 is 0. The summed E-state index contributed by atoms with van der Waals surface area (Å²) in [6, 6.07) is 6.11. The third-order valence-electron chi connectivity index (χ3n) is 4.93. The highest BCUT2D eigenvalue weighted by molar-refractivity contribution is 5.76.